The fourth-order valence-corrected chi connectivity index (χ4v) is 13.6. The molecule has 0 unspecified atom stereocenters. The van der Waals surface area contributed by atoms with Crippen molar-refractivity contribution in [1.29, 1.82) is 0 Å². The molecule has 2 aliphatic rings. The number of hydrogen-bond donors (Lipinski definition) is 2. The topological polar surface area (TPSA) is 268 Å². The van der Waals surface area contributed by atoms with Gasteiger partial charge in [-0.05, 0) is 107 Å². The standard InChI is InChI=1S/C74H134N10O14/c1-26-54-42-63(87)65(66(88)51(16)29-30-84-32-34-97-35-33-84)82(25)74(96)64(50(14)15)81(24)72(94)59(40-48(10)11)79(22)71(93)58(39-47(8)9)78(21)68(90)53(18)75-67(89)52(17)41-61(85)56(37-45(4)5)76(19)70(92)55(49(12)13)43-62(86)57(38-46(6)7)77(20)73(95)60(80(23)69(54)91)44-98-36-31-83(27-2)28-3/h45-60,64-66,88H,26-44H2,1-25H3,(H,75,89)/t51-,52+,53+,54+,55-,56+,57+,58-,59-,60-,64-,65+,66-/m1/s1. The number of nitrogens with zero attached hydrogens (tertiary/aromatic N) is 9. The quantitative estimate of drug-likeness (QED) is 0.111. The van der Waals surface area contributed by atoms with Gasteiger partial charge in [0.2, 0.25) is 47.3 Å². The summed E-state index contributed by atoms with van der Waals surface area (Å²) in [6.07, 6.45) is -1.24. The highest BCUT2D eigenvalue weighted by Crippen LogP contribution is 2.30. The largest absolute Gasteiger partial charge is 0.390 e. The van der Waals surface area contributed by atoms with E-state index in [4.69, 9.17) is 9.47 Å². The first kappa shape index (κ1) is 88.7. The van der Waals surface area contributed by atoms with E-state index in [1.54, 1.807) is 34.6 Å². The lowest BCUT2D eigenvalue weighted by Gasteiger charge is -2.42. The Labute approximate surface area is 590 Å². The van der Waals surface area contributed by atoms with Gasteiger partial charge < -0.3 is 59.1 Å². The van der Waals surface area contributed by atoms with E-state index in [9.17, 15) is 24.3 Å². The van der Waals surface area contributed by atoms with E-state index >= 15 is 33.6 Å². The number of ether oxygens (including phenoxy) is 2. The van der Waals surface area contributed by atoms with Crippen LogP contribution in [0.25, 0.3) is 0 Å². The van der Waals surface area contributed by atoms with Crippen LogP contribution in [0.15, 0.2) is 0 Å². The number of Topliss-reactive ketones (excluding diaryl/α,β-unsaturated/α-hetero) is 3. The van der Waals surface area contributed by atoms with Crippen LogP contribution in [0.1, 0.15) is 182 Å². The first-order valence-corrected chi connectivity index (χ1v) is 36.7. The normalized spacial score (nSPS) is 27.1. The number of nitrogens with one attached hydrogen (secondary N) is 1. The molecular weight excluding hydrogens is 1250 g/mol. The molecule has 2 fully saturated rings. The molecule has 2 heterocycles. The molecule has 13 atom stereocenters. The maximum atomic E-state index is 15.6. The number of likely N-dealkylation sites (N-methyl/N-ethyl adjacent to an activating group) is 8. The lowest BCUT2D eigenvalue weighted by molar-refractivity contribution is -0.157. The predicted octanol–water partition coefficient (Wildman–Crippen LogP) is 6.02. The van der Waals surface area contributed by atoms with Crippen molar-refractivity contribution in [3.05, 3.63) is 0 Å². The third kappa shape index (κ3) is 25.6. The summed E-state index contributed by atoms with van der Waals surface area (Å²) in [7, 11) is 10.4. The number of aliphatic hydroxyl groups excluding tert-OH is 1. The third-order valence-corrected chi connectivity index (χ3v) is 20.3. The minimum atomic E-state index is -1.54. The molecule has 2 saturated heterocycles. The highest BCUT2D eigenvalue weighted by atomic mass is 16.5. The Kier molecular flexibility index (Phi) is 38.1. The van der Waals surface area contributed by atoms with E-state index in [1.165, 1.54) is 90.6 Å². The van der Waals surface area contributed by atoms with Crippen LogP contribution in [-0.4, -0.2) is 283 Å². The Bertz CT molecular complexity index is 2590. The summed E-state index contributed by atoms with van der Waals surface area (Å²) in [5.41, 5.74) is 0. The van der Waals surface area contributed by atoms with Crippen molar-refractivity contribution >= 4 is 64.6 Å². The minimum Gasteiger partial charge on any atom is -0.390 e. The SMILES string of the molecule is CC[C@H]1CC(=O)[C@@H]([C@H](O)[C@H](C)CCN2CCOCC2)N(C)C(=O)[C@@H](C(C)C)N(C)C(=O)[C@@H](CC(C)C)N(C)C(=O)[C@@H](CC(C)C)N(C)C(=O)[C@H](C)NC(=O)[C@@H](C)CC(=O)[C@H](CC(C)C)N(C)C(=O)[C@@H](C(C)C)CC(=O)[C@H](CC(C)C)N(C)C(=O)[C@@H](COCCN(CC)CC)N(C)C1=O. The van der Waals surface area contributed by atoms with E-state index in [1.807, 2.05) is 83.1 Å². The van der Waals surface area contributed by atoms with E-state index in [-0.39, 0.29) is 81.8 Å². The van der Waals surface area contributed by atoms with Gasteiger partial charge in [-0.15, -0.1) is 0 Å². The fraction of sp³-hybridized carbons (Fsp3) is 0.851. The lowest BCUT2D eigenvalue weighted by Crippen LogP contribution is -2.62. The Balaban J connectivity index is 3.13. The van der Waals surface area contributed by atoms with Crippen molar-refractivity contribution < 1.29 is 67.3 Å². The van der Waals surface area contributed by atoms with Crippen molar-refractivity contribution in [2.75, 3.05) is 115 Å². The number of amides is 8. The maximum Gasteiger partial charge on any atom is 0.248 e. The average Bonchev–Trinajstić information content (AvgIpc) is 0.803. The van der Waals surface area contributed by atoms with Crippen LogP contribution in [0.4, 0.5) is 0 Å². The van der Waals surface area contributed by atoms with E-state index in [2.05, 4.69) is 15.1 Å². The van der Waals surface area contributed by atoms with Gasteiger partial charge in [0.15, 0.2) is 17.3 Å². The van der Waals surface area contributed by atoms with Gasteiger partial charge in [-0.25, -0.2) is 0 Å². The molecular formula is C74H134N10O14. The molecule has 98 heavy (non-hydrogen) atoms. The van der Waals surface area contributed by atoms with Crippen molar-refractivity contribution in [3.8, 4) is 0 Å². The van der Waals surface area contributed by atoms with Crippen LogP contribution in [0.5, 0.6) is 0 Å². The molecule has 0 aromatic rings. The second-order valence-corrected chi connectivity index (χ2v) is 30.8. The predicted molar refractivity (Wildman–Crippen MR) is 382 cm³/mol. The molecule has 2 rings (SSSR count). The van der Waals surface area contributed by atoms with Gasteiger partial charge in [-0.2, -0.15) is 0 Å². The molecule has 0 bridgehead atoms. The first-order valence-electron chi connectivity index (χ1n) is 36.7. The van der Waals surface area contributed by atoms with Crippen molar-refractivity contribution in [1.82, 2.24) is 49.4 Å². The first-order chi connectivity index (χ1) is 45.6. The summed E-state index contributed by atoms with van der Waals surface area (Å²) in [4.78, 5) is 179. The van der Waals surface area contributed by atoms with Gasteiger partial charge >= 0.3 is 0 Å². The van der Waals surface area contributed by atoms with Crippen molar-refractivity contribution in [3.63, 3.8) is 0 Å². The fourth-order valence-electron chi connectivity index (χ4n) is 13.6. The number of ketones is 3. The van der Waals surface area contributed by atoms with E-state index < -0.39 is 161 Å². The highest BCUT2D eigenvalue weighted by Gasteiger charge is 2.47. The number of aliphatic hydroxyl groups is 1. The zero-order valence-corrected chi connectivity index (χ0v) is 65.2. The van der Waals surface area contributed by atoms with Crippen molar-refractivity contribution in [2.45, 2.75) is 237 Å². The molecule has 0 aromatic heterocycles. The average molecular weight is 1390 g/mol. The molecule has 24 heteroatoms. The van der Waals surface area contributed by atoms with Gasteiger partial charge in [0.05, 0.1) is 44.6 Å². The van der Waals surface area contributed by atoms with Crippen LogP contribution in [-0.2, 0) is 62.2 Å². The summed E-state index contributed by atoms with van der Waals surface area (Å²) in [5.74, 6) is -11.3. The summed E-state index contributed by atoms with van der Waals surface area (Å²) in [5, 5.41) is 15.4. The summed E-state index contributed by atoms with van der Waals surface area (Å²) < 4.78 is 11.9. The van der Waals surface area contributed by atoms with Gasteiger partial charge in [0, 0.05) is 106 Å². The molecule has 0 aliphatic carbocycles. The number of hydrogen-bond acceptors (Lipinski definition) is 16. The molecule has 2 N–H and O–H groups in total. The van der Waals surface area contributed by atoms with Crippen LogP contribution in [0, 0.1) is 59.2 Å². The monoisotopic (exact) mass is 1390 g/mol. The molecule has 0 spiro atoms. The van der Waals surface area contributed by atoms with Gasteiger partial charge in [-0.3, -0.25) is 57.6 Å². The molecule has 2 aliphatic heterocycles. The van der Waals surface area contributed by atoms with Crippen LogP contribution in [0.3, 0.4) is 0 Å². The Hall–Kier alpha value is -5.43. The lowest BCUT2D eigenvalue weighted by atomic mass is 9.84. The number of carbonyl (C=O) groups is 11. The highest BCUT2D eigenvalue weighted by molar-refractivity contribution is 6.00. The molecule has 0 saturated carbocycles. The molecule has 24 nitrogen and oxygen atoms in total. The molecule has 0 radical (unpaired) electrons. The van der Waals surface area contributed by atoms with Gasteiger partial charge in [0.25, 0.3) is 0 Å². The van der Waals surface area contributed by atoms with Crippen LogP contribution in [0.2, 0.25) is 0 Å². The minimum absolute atomic E-state index is 0.0862. The summed E-state index contributed by atoms with van der Waals surface area (Å²) in [6, 6.07) is -9.66. The summed E-state index contributed by atoms with van der Waals surface area (Å²) in [6.45, 7) is 38.0. The Morgan fingerprint density at radius 1 is 0.500 bits per heavy atom. The van der Waals surface area contributed by atoms with E-state index in [0.29, 0.717) is 45.8 Å². The number of morpholine rings is 1. The summed E-state index contributed by atoms with van der Waals surface area (Å²) >= 11 is 0. The Morgan fingerprint density at radius 2 is 0.929 bits per heavy atom. The van der Waals surface area contributed by atoms with Gasteiger partial charge in [0.1, 0.15) is 36.3 Å². The second-order valence-electron chi connectivity index (χ2n) is 30.8. The maximum absolute atomic E-state index is 15.6. The zero-order valence-electron chi connectivity index (χ0n) is 65.2. The van der Waals surface area contributed by atoms with Crippen LogP contribution >= 0.6 is 0 Å². The second kappa shape index (κ2) is 42.1. The van der Waals surface area contributed by atoms with Gasteiger partial charge in [-0.1, -0.05) is 118 Å². The van der Waals surface area contributed by atoms with E-state index in [0.717, 1.165) is 13.1 Å². The molecule has 8 amide bonds. The zero-order chi connectivity index (χ0) is 75.1. The smallest absolute Gasteiger partial charge is 0.248 e. The van der Waals surface area contributed by atoms with Crippen molar-refractivity contribution in [2.24, 2.45) is 59.2 Å². The molecule has 0 aromatic carbocycles. The third-order valence-electron chi connectivity index (χ3n) is 20.3. The number of rotatable bonds is 23. The molecule has 564 valence electrons. The Morgan fingerprint density at radius 3 is 1.40 bits per heavy atom. The van der Waals surface area contributed by atoms with Crippen LogP contribution < -0.4 is 5.32 Å². The number of carbonyl (C=O) groups excluding carboxylic acids is 11.